The van der Waals surface area contributed by atoms with E-state index in [4.69, 9.17) is 4.98 Å². The molecule has 3 nitrogen and oxygen atoms in total. The fraction of sp³-hybridized carbons (Fsp3) is 0.217. The molecule has 2 heterocycles. The number of imidazole rings is 1. The zero-order valence-electron chi connectivity index (χ0n) is 16.0. The van der Waals surface area contributed by atoms with Crippen LogP contribution in [0.1, 0.15) is 46.3 Å². The van der Waals surface area contributed by atoms with Crippen LogP contribution in [0.4, 0.5) is 0 Å². The summed E-state index contributed by atoms with van der Waals surface area (Å²) in [5.41, 5.74) is 6.99. The van der Waals surface area contributed by atoms with Gasteiger partial charge in [-0.1, -0.05) is 67.9 Å². The molecule has 0 aliphatic heterocycles. The van der Waals surface area contributed by atoms with Gasteiger partial charge in [0, 0.05) is 10.4 Å². The molecule has 0 aliphatic carbocycles. The summed E-state index contributed by atoms with van der Waals surface area (Å²) >= 11 is 1.63. The molecule has 0 saturated carbocycles. The van der Waals surface area contributed by atoms with Crippen molar-refractivity contribution >= 4 is 22.6 Å². The van der Waals surface area contributed by atoms with Crippen molar-refractivity contribution in [3.63, 3.8) is 0 Å². The van der Waals surface area contributed by atoms with Crippen LogP contribution in [0.2, 0.25) is 0 Å². The van der Waals surface area contributed by atoms with E-state index in [9.17, 15) is 4.79 Å². The van der Waals surface area contributed by atoms with Gasteiger partial charge in [-0.15, -0.1) is 11.3 Å². The van der Waals surface area contributed by atoms with Gasteiger partial charge in [0.2, 0.25) is 0 Å². The Morgan fingerprint density at radius 1 is 0.963 bits per heavy atom. The number of rotatable bonds is 4. The number of aromatic nitrogens is 2. The molecule has 0 spiro atoms. The Morgan fingerprint density at radius 2 is 1.59 bits per heavy atom. The summed E-state index contributed by atoms with van der Waals surface area (Å²) in [6.07, 6.45) is 0.924. The zero-order valence-corrected chi connectivity index (χ0v) is 16.8. The van der Waals surface area contributed by atoms with E-state index in [1.165, 1.54) is 11.1 Å². The van der Waals surface area contributed by atoms with Crippen LogP contribution in [0.25, 0.3) is 27.5 Å². The molecule has 0 aliphatic rings. The van der Waals surface area contributed by atoms with Gasteiger partial charge in [0.1, 0.15) is 11.4 Å². The quantitative estimate of drug-likeness (QED) is 0.394. The van der Waals surface area contributed by atoms with Gasteiger partial charge in [-0.3, -0.25) is 9.20 Å². The minimum atomic E-state index is 0.495. The fourth-order valence-corrected chi connectivity index (χ4v) is 4.43. The van der Waals surface area contributed by atoms with Gasteiger partial charge in [-0.2, -0.15) is 0 Å². The first-order chi connectivity index (χ1) is 13.0. The highest BCUT2D eigenvalue weighted by Crippen LogP contribution is 2.36. The van der Waals surface area contributed by atoms with Crippen LogP contribution in [0.5, 0.6) is 0 Å². The van der Waals surface area contributed by atoms with E-state index in [0.29, 0.717) is 11.6 Å². The molecule has 4 aromatic rings. The highest BCUT2D eigenvalue weighted by Gasteiger charge is 2.20. The van der Waals surface area contributed by atoms with Crippen molar-refractivity contribution in [2.45, 2.75) is 33.6 Å². The average Bonchev–Trinajstić information content (AvgIpc) is 3.16. The van der Waals surface area contributed by atoms with Crippen molar-refractivity contribution in [2.75, 3.05) is 0 Å². The van der Waals surface area contributed by atoms with Gasteiger partial charge in [0.05, 0.1) is 5.69 Å². The first-order valence-corrected chi connectivity index (χ1v) is 9.95. The lowest BCUT2D eigenvalue weighted by molar-refractivity contribution is 0.111. The number of hydrogen-bond acceptors (Lipinski definition) is 3. The van der Waals surface area contributed by atoms with Gasteiger partial charge in [-0.25, -0.2) is 4.98 Å². The molecule has 0 fully saturated rings. The van der Waals surface area contributed by atoms with E-state index in [0.717, 1.165) is 38.6 Å². The van der Waals surface area contributed by atoms with E-state index >= 15 is 0 Å². The number of thiazole rings is 1. The maximum atomic E-state index is 12.0. The molecular weight excluding hydrogens is 352 g/mol. The number of carbonyl (C=O) groups excluding carboxylic acids is 1. The number of aryl methyl sites for hydroxylation is 2. The Kier molecular flexibility index (Phi) is 4.44. The zero-order chi connectivity index (χ0) is 19.1. The highest BCUT2D eigenvalue weighted by atomic mass is 32.1. The minimum Gasteiger partial charge on any atom is -0.296 e. The average molecular weight is 375 g/mol. The topological polar surface area (TPSA) is 34.4 Å². The van der Waals surface area contributed by atoms with Crippen molar-refractivity contribution in [3.8, 4) is 22.5 Å². The van der Waals surface area contributed by atoms with Crippen LogP contribution in [-0.2, 0) is 0 Å². The van der Waals surface area contributed by atoms with Crippen molar-refractivity contribution in [1.82, 2.24) is 9.38 Å². The maximum absolute atomic E-state index is 12.0. The lowest BCUT2D eigenvalue weighted by Crippen LogP contribution is -1.96. The third kappa shape index (κ3) is 3.00. The normalized spacial score (nSPS) is 11.4. The molecule has 0 atom stereocenters. The molecule has 0 unspecified atom stereocenters. The number of aldehydes is 1. The number of carbonyl (C=O) groups is 1. The summed E-state index contributed by atoms with van der Waals surface area (Å²) < 4.78 is 2.01. The summed E-state index contributed by atoms with van der Waals surface area (Å²) in [6, 6.07) is 16.8. The van der Waals surface area contributed by atoms with Gasteiger partial charge in [0.25, 0.3) is 0 Å². The second kappa shape index (κ2) is 6.78. The maximum Gasteiger partial charge on any atom is 0.195 e. The Bertz CT molecular complexity index is 1120. The van der Waals surface area contributed by atoms with Gasteiger partial charge in [0.15, 0.2) is 11.2 Å². The fourth-order valence-electron chi connectivity index (χ4n) is 3.43. The Labute approximate surface area is 163 Å². The molecule has 136 valence electrons. The minimum absolute atomic E-state index is 0.495. The summed E-state index contributed by atoms with van der Waals surface area (Å²) in [5, 5.41) is 0. The second-order valence-corrected chi connectivity index (χ2v) is 8.41. The van der Waals surface area contributed by atoms with Gasteiger partial charge >= 0.3 is 0 Å². The molecule has 4 rings (SSSR count). The number of nitrogens with zero attached hydrogens (tertiary/aromatic N) is 2. The van der Waals surface area contributed by atoms with Crippen LogP contribution in [0.15, 0.2) is 48.5 Å². The third-order valence-electron chi connectivity index (χ3n) is 4.97. The molecule has 2 aromatic heterocycles. The third-order valence-corrected chi connectivity index (χ3v) is 5.93. The SMILES string of the molecule is Cc1ccc(-c2nc3sc(C)c(-c4ccc(C(C)C)cc4)n3c2C=O)cc1. The first-order valence-electron chi connectivity index (χ1n) is 9.14. The summed E-state index contributed by atoms with van der Waals surface area (Å²) in [5.74, 6) is 0.495. The van der Waals surface area contributed by atoms with E-state index in [-0.39, 0.29) is 0 Å². The molecule has 0 radical (unpaired) electrons. The molecule has 27 heavy (non-hydrogen) atoms. The first kappa shape index (κ1) is 17.7. The van der Waals surface area contributed by atoms with Crippen LogP contribution < -0.4 is 0 Å². The van der Waals surface area contributed by atoms with E-state index < -0.39 is 0 Å². The molecule has 4 heteroatoms. The molecule has 0 bridgehead atoms. The van der Waals surface area contributed by atoms with Gasteiger partial charge < -0.3 is 0 Å². The lowest BCUT2D eigenvalue weighted by Gasteiger charge is -2.08. The summed E-state index contributed by atoms with van der Waals surface area (Å²) in [7, 11) is 0. The molecule has 0 amide bonds. The van der Waals surface area contributed by atoms with Crippen molar-refractivity contribution in [1.29, 1.82) is 0 Å². The van der Waals surface area contributed by atoms with Crippen molar-refractivity contribution in [3.05, 3.63) is 70.2 Å². The van der Waals surface area contributed by atoms with Crippen LogP contribution in [0, 0.1) is 13.8 Å². The highest BCUT2D eigenvalue weighted by molar-refractivity contribution is 7.17. The van der Waals surface area contributed by atoms with Crippen LogP contribution in [-0.4, -0.2) is 15.7 Å². The lowest BCUT2D eigenvalue weighted by atomic mass is 10.0. The smallest absolute Gasteiger partial charge is 0.195 e. The Balaban J connectivity index is 1.92. The molecule has 0 N–H and O–H groups in total. The summed E-state index contributed by atoms with van der Waals surface area (Å²) in [4.78, 5) is 18.8. The number of hydrogen-bond donors (Lipinski definition) is 0. The summed E-state index contributed by atoms with van der Waals surface area (Å²) in [6.45, 7) is 8.53. The van der Waals surface area contributed by atoms with Crippen LogP contribution >= 0.6 is 11.3 Å². The number of benzene rings is 2. The van der Waals surface area contributed by atoms with Crippen molar-refractivity contribution in [2.24, 2.45) is 0 Å². The van der Waals surface area contributed by atoms with E-state index in [1.54, 1.807) is 11.3 Å². The molecular formula is C23H22N2OS. The predicted octanol–water partition coefficient (Wildman–Crippen LogP) is 6.28. The molecule has 0 saturated heterocycles. The Hall–Kier alpha value is -2.72. The van der Waals surface area contributed by atoms with E-state index in [1.807, 2.05) is 28.7 Å². The number of fused-ring (bicyclic) bond motifs is 1. The van der Waals surface area contributed by atoms with Gasteiger partial charge in [-0.05, 0) is 30.9 Å². The Morgan fingerprint density at radius 3 is 2.19 bits per heavy atom. The molecule has 2 aromatic carbocycles. The van der Waals surface area contributed by atoms with Crippen molar-refractivity contribution < 1.29 is 4.79 Å². The second-order valence-electron chi connectivity index (χ2n) is 7.23. The largest absolute Gasteiger partial charge is 0.296 e. The van der Waals surface area contributed by atoms with Crippen LogP contribution in [0.3, 0.4) is 0 Å². The van der Waals surface area contributed by atoms with E-state index in [2.05, 4.69) is 52.0 Å². The monoisotopic (exact) mass is 374 g/mol. The predicted molar refractivity (Wildman–Crippen MR) is 113 cm³/mol. The standard InChI is InChI=1S/C23H22N2OS/c1-14(2)17-9-11-19(12-10-17)22-16(4)27-23-24-21(20(13-26)25(22)23)18-7-5-15(3)6-8-18/h5-14H,1-4H3.